The van der Waals surface area contributed by atoms with E-state index in [4.69, 9.17) is 5.21 Å². The Morgan fingerprint density at radius 1 is 1.29 bits per heavy atom. The molecule has 0 saturated heterocycles. The number of anilines is 1. The van der Waals surface area contributed by atoms with Gasteiger partial charge < -0.3 is 10.5 Å². The number of hydrogen-bond donors (Lipinski definition) is 2. The molecule has 1 aromatic carbocycles. The van der Waals surface area contributed by atoms with E-state index in [1.54, 1.807) is 0 Å². The fourth-order valence-corrected chi connectivity index (χ4v) is 1.52. The zero-order chi connectivity index (χ0) is 9.97. The third-order valence-electron chi connectivity index (χ3n) is 2.28. The molecular weight excluding hydrogens is 180 g/mol. The van der Waals surface area contributed by atoms with Gasteiger partial charge in [0.05, 0.1) is 0 Å². The van der Waals surface area contributed by atoms with Crippen molar-refractivity contribution >= 4 is 17.3 Å². The van der Waals surface area contributed by atoms with E-state index in [0.29, 0.717) is 12.8 Å². The number of rotatable bonds is 0. The molecule has 1 heterocycles. The van der Waals surface area contributed by atoms with Gasteiger partial charge in [-0.3, -0.25) is 4.79 Å². The highest BCUT2D eigenvalue weighted by Gasteiger charge is 2.18. The first kappa shape index (κ1) is 8.74. The Morgan fingerprint density at radius 2 is 2.07 bits per heavy atom. The molecule has 14 heavy (non-hydrogen) atoms. The van der Waals surface area contributed by atoms with Crippen LogP contribution in [0.4, 0.5) is 5.69 Å². The van der Waals surface area contributed by atoms with Crippen LogP contribution in [-0.4, -0.2) is 16.8 Å². The van der Waals surface area contributed by atoms with E-state index in [9.17, 15) is 4.79 Å². The van der Waals surface area contributed by atoms with Gasteiger partial charge in [-0.25, -0.2) is 0 Å². The molecule has 0 spiro atoms. The number of carbonyl (C=O) groups excluding carboxylic acids is 1. The Hall–Kier alpha value is -1.84. The van der Waals surface area contributed by atoms with Crippen LogP contribution in [-0.2, 0) is 11.2 Å². The average molecular weight is 190 g/mol. The van der Waals surface area contributed by atoms with Crippen LogP contribution >= 0.6 is 0 Å². The molecule has 0 radical (unpaired) electrons. The van der Waals surface area contributed by atoms with Crippen molar-refractivity contribution in [1.29, 1.82) is 0 Å². The third kappa shape index (κ3) is 1.46. The maximum Gasteiger partial charge on any atom is 0.273 e. The number of fused-ring (bicyclic) bond motifs is 1. The predicted molar refractivity (Wildman–Crippen MR) is 52.6 cm³/mol. The summed E-state index contributed by atoms with van der Waals surface area (Å²) in [5.74, 6) is -0.322. The number of carbonyl (C=O) groups is 1. The molecule has 0 unspecified atom stereocenters. The molecule has 2 rings (SSSR count). The van der Waals surface area contributed by atoms with Gasteiger partial charge in [0.1, 0.15) is 5.71 Å². The van der Waals surface area contributed by atoms with Crippen molar-refractivity contribution in [2.24, 2.45) is 5.16 Å². The van der Waals surface area contributed by atoms with Crippen LogP contribution in [0.15, 0.2) is 29.4 Å². The zero-order valence-corrected chi connectivity index (χ0v) is 7.53. The number of benzene rings is 1. The van der Waals surface area contributed by atoms with Crippen LogP contribution in [0.1, 0.15) is 12.0 Å². The Morgan fingerprint density at radius 3 is 2.86 bits per heavy atom. The second-order valence-electron chi connectivity index (χ2n) is 3.16. The van der Waals surface area contributed by atoms with Crippen molar-refractivity contribution in [3.8, 4) is 0 Å². The summed E-state index contributed by atoms with van der Waals surface area (Å²) in [5, 5.41) is 14.3. The lowest BCUT2D eigenvalue weighted by molar-refractivity contribution is -0.110. The van der Waals surface area contributed by atoms with Gasteiger partial charge in [0.2, 0.25) is 0 Å². The first-order valence-corrected chi connectivity index (χ1v) is 4.41. The van der Waals surface area contributed by atoms with Crippen LogP contribution in [0.5, 0.6) is 0 Å². The second kappa shape index (κ2) is 3.49. The number of hydrogen-bond acceptors (Lipinski definition) is 3. The molecule has 2 N–H and O–H groups in total. The average Bonchev–Trinajstić information content (AvgIpc) is 2.36. The molecule has 0 aliphatic carbocycles. The number of para-hydroxylation sites is 1. The summed E-state index contributed by atoms with van der Waals surface area (Å²) in [6.07, 6.45) is 1.19. The van der Waals surface area contributed by atoms with Crippen molar-refractivity contribution in [3.05, 3.63) is 29.8 Å². The summed E-state index contributed by atoms with van der Waals surface area (Å²) in [7, 11) is 0. The molecule has 0 fully saturated rings. The standard InChI is InChI=1S/C10H10N2O2/c13-10-9(12-14)6-5-7-3-1-2-4-8(7)11-10/h1-4,14H,5-6H2,(H,11,13). The molecular formula is C10H10N2O2. The summed E-state index contributed by atoms with van der Waals surface area (Å²) < 4.78 is 0. The zero-order valence-electron chi connectivity index (χ0n) is 7.53. The normalized spacial score (nSPS) is 18.6. The van der Waals surface area contributed by atoms with Crippen molar-refractivity contribution in [2.75, 3.05) is 5.32 Å². The van der Waals surface area contributed by atoms with Gasteiger partial charge in [-0.1, -0.05) is 23.4 Å². The summed E-state index contributed by atoms with van der Waals surface area (Å²) in [6, 6.07) is 7.58. The minimum Gasteiger partial charge on any atom is -0.410 e. The molecule has 0 bridgehead atoms. The highest BCUT2D eigenvalue weighted by Crippen LogP contribution is 2.20. The van der Waals surface area contributed by atoms with Crippen LogP contribution in [0.3, 0.4) is 0 Å². The summed E-state index contributed by atoms with van der Waals surface area (Å²) in [4.78, 5) is 11.4. The van der Waals surface area contributed by atoms with Crippen molar-refractivity contribution in [3.63, 3.8) is 0 Å². The maximum absolute atomic E-state index is 11.4. The van der Waals surface area contributed by atoms with E-state index in [0.717, 1.165) is 11.3 Å². The second-order valence-corrected chi connectivity index (χ2v) is 3.16. The molecule has 0 aromatic heterocycles. The molecule has 0 atom stereocenters. The van der Waals surface area contributed by atoms with Crippen LogP contribution in [0.25, 0.3) is 0 Å². The fraction of sp³-hybridized carbons (Fsp3) is 0.200. The number of oxime groups is 1. The Balaban J connectivity index is 2.37. The van der Waals surface area contributed by atoms with E-state index >= 15 is 0 Å². The molecule has 1 aliphatic heterocycles. The van der Waals surface area contributed by atoms with Gasteiger partial charge in [-0.2, -0.15) is 0 Å². The summed E-state index contributed by atoms with van der Waals surface area (Å²) in [6.45, 7) is 0. The smallest absolute Gasteiger partial charge is 0.273 e. The number of aryl methyl sites for hydroxylation is 1. The molecule has 72 valence electrons. The van der Waals surface area contributed by atoms with Gasteiger partial charge in [-0.05, 0) is 18.1 Å². The highest BCUT2D eigenvalue weighted by molar-refractivity contribution is 6.43. The lowest BCUT2D eigenvalue weighted by Gasteiger charge is -2.03. The Labute approximate surface area is 81.2 Å². The quantitative estimate of drug-likeness (QED) is 0.480. The molecule has 1 amide bonds. The van der Waals surface area contributed by atoms with Gasteiger partial charge in [0, 0.05) is 12.1 Å². The van der Waals surface area contributed by atoms with E-state index in [1.807, 2.05) is 24.3 Å². The SMILES string of the molecule is O=C1Nc2ccccc2CCC1=NO. The van der Waals surface area contributed by atoms with E-state index in [-0.39, 0.29) is 11.6 Å². The highest BCUT2D eigenvalue weighted by atomic mass is 16.4. The molecule has 1 aliphatic rings. The van der Waals surface area contributed by atoms with Crippen molar-refractivity contribution in [2.45, 2.75) is 12.8 Å². The minimum absolute atomic E-state index is 0.182. The van der Waals surface area contributed by atoms with Crippen LogP contribution in [0.2, 0.25) is 0 Å². The van der Waals surface area contributed by atoms with Crippen molar-refractivity contribution < 1.29 is 10.0 Å². The number of nitrogens with zero attached hydrogens (tertiary/aromatic N) is 1. The molecule has 4 nitrogen and oxygen atoms in total. The molecule has 4 heteroatoms. The number of nitrogens with one attached hydrogen (secondary N) is 1. The maximum atomic E-state index is 11.4. The van der Waals surface area contributed by atoms with Crippen LogP contribution in [0, 0.1) is 0 Å². The lowest BCUT2D eigenvalue weighted by Crippen LogP contribution is -2.20. The summed E-state index contributed by atoms with van der Waals surface area (Å²) in [5.41, 5.74) is 2.05. The monoisotopic (exact) mass is 190 g/mol. The number of amides is 1. The Bertz CT molecular complexity index is 399. The van der Waals surface area contributed by atoms with Crippen LogP contribution < -0.4 is 5.32 Å². The van der Waals surface area contributed by atoms with E-state index < -0.39 is 0 Å². The fourth-order valence-electron chi connectivity index (χ4n) is 1.52. The van der Waals surface area contributed by atoms with Gasteiger partial charge >= 0.3 is 0 Å². The van der Waals surface area contributed by atoms with E-state index in [1.165, 1.54) is 0 Å². The molecule has 0 saturated carbocycles. The minimum atomic E-state index is -0.322. The molecule has 1 aromatic rings. The summed E-state index contributed by atoms with van der Waals surface area (Å²) >= 11 is 0. The lowest BCUT2D eigenvalue weighted by atomic mass is 10.1. The third-order valence-corrected chi connectivity index (χ3v) is 2.28. The predicted octanol–water partition coefficient (Wildman–Crippen LogP) is 1.40. The van der Waals surface area contributed by atoms with Gasteiger partial charge in [0.15, 0.2) is 0 Å². The first-order valence-electron chi connectivity index (χ1n) is 4.41. The largest absolute Gasteiger partial charge is 0.410 e. The van der Waals surface area contributed by atoms with Crippen molar-refractivity contribution in [1.82, 2.24) is 0 Å². The Kier molecular flexibility index (Phi) is 2.18. The van der Waals surface area contributed by atoms with Gasteiger partial charge in [-0.15, -0.1) is 0 Å². The van der Waals surface area contributed by atoms with E-state index in [2.05, 4.69) is 10.5 Å². The first-order chi connectivity index (χ1) is 6.81. The topological polar surface area (TPSA) is 61.7 Å². The van der Waals surface area contributed by atoms with Gasteiger partial charge in [0.25, 0.3) is 5.91 Å².